The second kappa shape index (κ2) is 5.81. The van der Waals surface area contributed by atoms with Crippen molar-refractivity contribution in [1.29, 1.82) is 0 Å². The molecule has 0 radical (unpaired) electrons. The smallest absolute Gasteiger partial charge is 0.407 e. The lowest BCUT2D eigenvalue weighted by molar-refractivity contribution is 0.142. The number of benzene rings is 1. The van der Waals surface area contributed by atoms with E-state index in [1.165, 1.54) is 4.90 Å². The summed E-state index contributed by atoms with van der Waals surface area (Å²) < 4.78 is 27.4. The van der Waals surface area contributed by atoms with Crippen LogP contribution < -0.4 is 4.90 Å². The topological polar surface area (TPSA) is 56.7 Å². The zero-order chi connectivity index (χ0) is 16.7. The number of rotatable bonds is 1. The van der Waals surface area contributed by atoms with Crippen LogP contribution in [0.15, 0.2) is 12.1 Å². The molecule has 3 rings (SSSR count). The lowest BCUT2D eigenvalue weighted by atomic mass is 10.1. The molecular weight excluding hydrogens is 328 g/mol. The Morgan fingerprint density at radius 2 is 1.91 bits per heavy atom. The van der Waals surface area contributed by atoms with E-state index < -0.39 is 17.7 Å². The number of hydrogen-bond donors (Lipinski definition) is 1. The molecule has 2 heterocycles. The third-order valence-corrected chi connectivity index (χ3v) is 4.47. The molecule has 0 aliphatic carbocycles. The molecule has 1 amide bonds. The van der Waals surface area contributed by atoms with E-state index in [2.05, 4.69) is 4.98 Å². The van der Waals surface area contributed by atoms with E-state index in [1.54, 1.807) is 6.92 Å². The molecule has 0 spiro atoms. The minimum Gasteiger partial charge on any atom is -0.465 e. The van der Waals surface area contributed by atoms with E-state index >= 15 is 0 Å². The summed E-state index contributed by atoms with van der Waals surface area (Å²) in [5, 5.41) is 9.28. The number of amides is 1. The summed E-state index contributed by atoms with van der Waals surface area (Å²) in [6.07, 6.45) is -0.963. The largest absolute Gasteiger partial charge is 0.465 e. The molecule has 1 aromatic carbocycles. The van der Waals surface area contributed by atoms with Crippen LogP contribution in [0.1, 0.15) is 5.56 Å². The highest BCUT2D eigenvalue weighted by molar-refractivity contribution is 6.36. The lowest BCUT2D eigenvalue weighted by Crippen LogP contribution is -2.48. The second-order valence-electron chi connectivity index (χ2n) is 5.41. The fraction of sp³-hybridized carbons (Fsp3) is 0.333. The molecule has 0 atom stereocenters. The average Bonchev–Trinajstić information content (AvgIpc) is 2.50. The van der Waals surface area contributed by atoms with Crippen LogP contribution in [-0.2, 0) is 0 Å². The van der Waals surface area contributed by atoms with Crippen molar-refractivity contribution in [2.45, 2.75) is 6.92 Å². The number of hydrogen-bond acceptors (Lipinski definition) is 3. The first-order valence-electron chi connectivity index (χ1n) is 7.06. The van der Waals surface area contributed by atoms with Crippen molar-refractivity contribution in [2.75, 3.05) is 31.1 Å². The minimum absolute atomic E-state index is 0.0958. The maximum atomic E-state index is 14.0. The number of nitrogens with zero attached hydrogens (tertiary/aromatic N) is 3. The fourth-order valence-corrected chi connectivity index (χ4v) is 3.04. The summed E-state index contributed by atoms with van der Waals surface area (Å²) in [5.41, 5.74) is 0.738. The average molecular weight is 342 g/mol. The van der Waals surface area contributed by atoms with E-state index in [1.807, 2.05) is 4.90 Å². The molecule has 0 saturated carbocycles. The van der Waals surface area contributed by atoms with Gasteiger partial charge in [-0.3, -0.25) is 0 Å². The highest BCUT2D eigenvalue weighted by Crippen LogP contribution is 2.34. The predicted octanol–water partition coefficient (Wildman–Crippen LogP) is 3.27. The maximum absolute atomic E-state index is 14.0. The third-order valence-electron chi connectivity index (χ3n) is 3.99. The molecule has 1 saturated heterocycles. The molecule has 5 nitrogen and oxygen atoms in total. The summed E-state index contributed by atoms with van der Waals surface area (Å²) in [5.74, 6) is -0.940. The van der Waals surface area contributed by atoms with Crippen molar-refractivity contribution in [1.82, 2.24) is 9.88 Å². The quantitative estimate of drug-likeness (QED) is 0.865. The second-order valence-corrected chi connectivity index (χ2v) is 5.79. The number of piperazine rings is 1. The van der Waals surface area contributed by atoms with Crippen LogP contribution in [0.4, 0.5) is 19.4 Å². The van der Waals surface area contributed by atoms with Crippen molar-refractivity contribution < 1.29 is 18.7 Å². The van der Waals surface area contributed by atoms with Gasteiger partial charge in [0.2, 0.25) is 0 Å². The standard InChI is InChI=1S/C15H14ClF2N3O2/c1-8-13(16)12-10(18)6-9(17)7-11(12)19-14(8)20-2-4-21(5-3-20)15(22)23/h6-7H,2-5H2,1H3,(H,22,23). The number of carboxylic acid groups (broad SMARTS) is 1. The van der Waals surface area contributed by atoms with E-state index in [4.69, 9.17) is 16.7 Å². The van der Waals surface area contributed by atoms with E-state index in [9.17, 15) is 13.6 Å². The van der Waals surface area contributed by atoms with Crippen molar-refractivity contribution >= 4 is 34.4 Å². The molecule has 122 valence electrons. The maximum Gasteiger partial charge on any atom is 0.407 e. The molecule has 0 unspecified atom stereocenters. The number of halogens is 3. The summed E-state index contributed by atoms with van der Waals surface area (Å²) in [6, 6.07) is 1.92. The van der Waals surface area contributed by atoms with Crippen molar-refractivity contribution in [2.24, 2.45) is 0 Å². The first-order valence-corrected chi connectivity index (χ1v) is 7.44. The van der Waals surface area contributed by atoms with Crippen LogP contribution in [0.3, 0.4) is 0 Å². The van der Waals surface area contributed by atoms with Gasteiger partial charge in [-0.05, 0) is 6.92 Å². The zero-order valence-electron chi connectivity index (χ0n) is 12.3. The van der Waals surface area contributed by atoms with Gasteiger partial charge < -0.3 is 14.9 Å². The number of anilines is 1. The van der Waals surface area contributed by atoms with Gasteiger partial charge in [0.1, 0.15) is 17.5 Å². The van der Waals surface area contributed by atoms with Crippen LogP contribution in [0.2, 0.25) is 5.02 Å². The first-order chi connectivity index (χ1) is 10.9. The Labute approximate surface area is 136 Å². The normalized spacial score (nSPS) is 15.3. The highest BCUT2D eigenvalue weighted by Gasteiger charge is 2.24. The number of fused-ring (bicyclic) bond motifs is 1. The van der Waals surface area contributed by atoms with Crippen molar-refractivity contribution in [3.05, 3.63) is 34.4 Å². The molecule has 1 N–H and O–H groups in total. The number of carbonyl (C=O) groups is 1. The van der Waals surface area contributed by atoms with Gasteiger partial charge in [0.15, 0.2) is 0 Å². The Morgan fingerprint density at radius 3 is 2.52 bits per heavy atom. The third kappa shape index (κ3) is 2.76. The molecule has 1 aromatic heterocycles. The predicted molar refractivity (Wildman–Crippen MR) is 83.2 cm³/mol. The van der Waals surface area contributed by atoms with Gasteiger partial charge in [0.25, 0.3) is 0 Å². The Morgan fingerprint density at radius 1 is 1.26 bits per heavy atom. The summed E-state index contributed by atoms with van der Waals surface area (Å²) >= 11 is 6.25. The van der Waals surface area contributed by atoms with Gasteiger partial charge in [-0.25, -0.2) is 18.6 Å². The summed E-state index contributed by atoms with van der Waals surface area (Å²) in [7, 11) is 0. The Bertz CT molecular complexity index is 792. The van der Waals surface area contributed by atoms with Gasteiger partial charge >= 0.3 is 6.09 Å². The van der Waals surface area contributed by atoms with Gasteiger partial charge in [-0.15, -0.1) is 0 Å². The fourth-order valence-electron chi connectivity index (χ4n) is 2.77. The molecule has 1 aliphatic rings. The molecular formula is C15H14ClF2N3O2. The summed E-state index contributed by atoms with van der Waals surface area (Å²) in [6.45, 7) is 3.28. The Balaban J connectivity index is 2.02. The Kier molecular flexibility index (Phi) is 3.97. The van der Waals surface area contributed by atoms with Crippen LogP contribution in [0, 0.1) is 18.6 Å². The number of aromatic nitrogens is 1. The van der Waals surface area contributed by atoms with Crippen LogP contribution in [-0.4, -0.2) is 47.3 Å². The van der Waals surface area contributed by atoms with E-state index in [0.717, 1.165) is 12.1 Å². The van der Waals surface area contributed by atoms with Gasteiger partial charge in [0.05, 0.1) is 15.9 Å². The van der Waals surface area contributed by atoms with Crippen molar-refractivity contribution in [3.8, 4) is 0 Å². The number of pyridine rings is 1. The van der Waals surface area contributed by atoms with Crippen LogP contribution >= 0.6 is 11.6 Å². The molecule has 1 aliphatic heterocycles. The lowest BCUT2D eigenvalue weighted by Gasteiger charge is -2.34. The molecule has 2 aromatic rings. The molecule has 8 heteroatoms. The highest BCUT2D eigenvalue weighted by atomic mass is 35.5. The van der Waals surface area contributed by atoms with Gasteiger partial charge in [-0.2, -0.15) is 0 Å². The first kappa shape index (κ1) is 15.7. The zero-order valence-corrected chi connectivity index (χ0v) is 13.1. The molecule has 23 heavy (non-hydrogen) atoms. The van der Waals surface area contributed by atoms with Gasteiger partial charge in [-0.1, -0.05) is 11.6 Å². The molecule has 1 fully saturated rings. The van der Waals surface area contributed by atoms with Crippen LogP contribution in [0.5, 0.6) is 0 Å². The van der Waals surface area contributed by atoms with Crippen LogP contribution in [0.25, 0.3) is 10.9 Å². The van der Waals surface area contributed by atoms with E-state index in [0.29, 0.717) is 37.6 Å². The summed E-state index contributed by atoms with van der Waals surface area (Å²) in [4.78, 5) is 18.5. The minimum atomic E-state index is -0.963. The van der Waals surface area contributed by atoms with Gasteiger partial charge in [0, 0.05) is 43.9 Å². The molecule has 0 bridgehead atoms. The SMILES string of the molecule is Cc1c(N2CCN(C(=O)O)CC2)nc2cc(F)cc(F)c2c1Cl. The van der Waals surface area contributed by atoms with E-state index in [-0.39, 0.29) is 15.9 Å². The Hall–Kier alpha value is -2.15. The van der Waals surface area contributed by atoms with Crippen molar-refractivity contribution in [3.63, 3.8) is 0 Å². The monoisotopic (exact) mass is 341 g/mol.